The fraction of sp³-hybridized carbons (Fsp3) is 0.500. The predicted molar refractivity (Wildman–Crippen MR) is 82.6 cm³/mol. The fourth-order valence-electron chi connectivity index (χ4n) is 3.84. The lowest BCUT2D eigenvalue weighted by molar-refractivity contribution is 0.0413. The Hall–Kier alpha value is -1.20. The summed E-state index contributed by atoms with van der Waals surface area (Å²) in [6.45, 7) is 0.774. The Labute approximate surface area is 132 Å². The van der Waals surface area contributed by atoms with Gasteiger partial charge in [0.25, 0.3) is 0 Å². The van der Waals surface area contributed by atoms with E-state index in [0.29, 0.717) is 6.42 Å². The van der Waals surface area contributed by atoms with E-state index in [1.54, 1.807) is 7.11 Å². The molecular weight excluding hydrogens is 334 g/mol. The number of methoxy groups -OCH3 is 1. The molecule has 0 aromatic rings. The summed E-state index contributed by atoms with van der Waals surface area (Å²) in [7, 11) is 1.70. The Morgan fingerprint density at radius 2 is 2.38 bits per heavy atom. The van der Waals surface area contributed by atoms with Gasteiger partial charge in [0.1, 0.15) is 11.9 Å². The Bertz CT molecular complexity index is 607. The van der Waals surface area contributed by atoms with E-state index in [1.165, 1.54) is 11.1 Å². The van der Waals surface area contributed by atoms with Crippen molar-refractivity contribution in [3.8, 4) is 0 Å². The van der Waals surface area contributed by atoms with Crippen LogP contribution in [-0.4, -0.2) is 35.8 Å². The summed E-state index contributed by atoms with van der Waals surface area (Å²) in [6, 6.07) is 0. The van der Waals surface area contributed by atoms with Gasteiger partial charge in [-0.15, -0.1) is 0 Å². The number of ether oxygens (including phenoxy) is 2. The minimum atomic E-state index is -0.438. The second-order valence-electron chi connectivity index (χ2n) is 5.98. The lowest BCUT2D eigenvalue weighted by atomic mass is 9.69. The maximum absolute atomic E-state index is 9.95. The van der Waals surface area contributed by atoms with Crippen LogP contribution in [0.25, 0.3) is 0 Å². The van der Waals surface area contributed by atoms with Crippen molar-refractivity contribution in [3.63, 3.8) is 0 Å². The molecule has 2 unspecified atom stereocenters. The zero-order valence-corrected chi connectivity index (χ0v) is 13.4. The molecule has 4 rings (SSSR count). The summed E-state index contributed by atoms with van der Waals surface area (Å²) < 4.78 is 11.8. The van der Waals surface area contributed by atoms with Crippen LogP contribution >= 0.6 is 15.9 Å². The second-order valence-corrected chi connectivity index (χ2v) is 7.09. The molecule has 2 N–H and O–H groups in total. The van der Waals surface area contributed by atoms with Gasteiger partial charge in [0, 0.05) is 29.8 Å². The van der Waals surface area contributed by atoms with Gasteiger partial charge in [0.2, 0.25) is 0 Å². The average molecular weight is 352 g/mol. The third kappa shape index (κ3) is 1.77. The lowest BCUT2D eigenvalue weighted by Gasteiger charge is -2.36. The van der Waals surface area contributed by atoms with Crippen molar-refractivity contribution in [2.24, 2.45) is 5.41 Å². The molecule has 21 heavy (non-hydrogen) atoms. The van der Waals surface area contributed by atoms with E-state index < -0.39 is 6.10 Å². The number of hydrogen-bond donors (Lipinski definition) is 2. The number of aliphatic hydroxyl groups is 1. The molecule has 1 saturated heterocycles. The molecule has 5 heteroatoms. The van der Waals surface area contributed by atoms with E-state index in [1.807, 2.05) is 12.3 Å². The highest BCUT2D eigenvalue weighted by atomic mass is 79.9. The molecule has 0 aromatic heterocycles. The fourth-order valence-corrected chi connectivity index (χ4v) is 4.51. The van der Waals surface area contributed by atoms with Gasteiger partial charge < -0.3 is 19.9 Å². The number of nitrogens with one attached hydrogen (secondary N) is 1. The van der Waals surface area contributed by atoms with Crippen molar-refractivity contribution in [1.29, 1.82) is 0 Å². The quantitative estimate of drug-likeness (QED) is 0.561. The minimum Gasteiger partial charge on any atom is -0.497 e. The Morgan fingerprint density at radius 3 is 3.19 bits per heavy atom. The van der Waals surface area contributed by atoms with E-state index in [2.05, 4.69) is 33.4 Å². The molecule has 2 aliphatic heterocycles. The molecule has 2 aliphatic carbocycles. The molecular formula is C16H18BrNO3. The zero-order chi connectivity index (χ0) is 14.6. The van der Waals surface area contributed by atoms with E-state index in [4.69, 9.17) is 9.47 Å². The number of alkyl halides is 1. The van der Waals surface area contributed by atoms with Gasteiger partial charge in [0.05, 0.1) is 18.6 Å². The maximum Gasteiger partial charge on any atom is 0.162 e. The molecule has 112 valence electrons. The third-order valence-electron chi connectivity index (χ3n) is 4.86. The van der Waals surface area contributed by atoms with Crippen LogP contribution in [-0.2, 0) is 9.47 Å². The van der Waals surface area contributed by atoms with Gasteiger partial charge in [-0.1, -0.05) is 28.1 Å². The number of allylic oxidation sites excluding steroid dienone is 4. The third-order valence-corrected chi connectivity index (χ3v) is 5.68. The molecule has 2 heterocycles. The van der Waals surface area contributed by atoms with E-state index in [-0.39, 0.29) is 16.3 Å². The monoisotopic (exact) mass is 351 g/mol. The predicted octanol–water partition coefficient (Wildman–Crippen LogP) is 2.13. The van der Waals surface area contributed by atoms with E-state index in [0.717, 1.165) is 24.5 Å². The number of aliphatic hydroxyl groups excluding tert-OH is 1. The average Bonchev–Trinajstić information content (AvgIpc) is 2.67. The summed E-state index contributed by atoms with van der Waals surface area (Å²) in [4.78, 5) is 0.224. The molecule has 4 aliphatic rings. The van der Waals surface area contributed by atoms with Crippen molar-refractivity contribution in [3.05, 3.63) is 47.1 Å². The first-order valence-corrected chi connectivity index (χ1v) is 8.17. The summed E-state index contributed by atoms with van der Waals surface area (Å²) in [6.07, 6.45) is 9.06. The lowest BCUT2D eigenvalue weighted by Crippen LogP contribution is -2.43. The van der Waals surface area contributed by atoms with Crippen LogP contribution in [0.15, 0.2) is 47.1 Å². The highest BCUT2D eigenvalue weighted by molar-refractivity contribution is 9.09. The maximum atomic E-state index is 9.95. The van der Waals surface area contributed by atoms with Crippen molar-refractivity contribution < 1.29 is 14.6 Å². The SMILES string of the molecule is COC1=C2O[C@H]3CC(O)C=C[C@]34CNC=CC(=C24)C(Br)C1. The van der Waals surface area contributed by atoms with Crippen molar-refractivity contribution >= 4 is 15.9 Å². The topological polar surface area (TPSA) is 50.7 Å². The summed E-state index contributed by atoms with van der Waals surface area (Å²) in [5.41, 5.74) is 2.24. The van der Waals surface area contributed by atoms with Crippen LogP contribution in [0, 0.1) is 5.41 Å². The second kappa shape index (κ2) is 4.65. The van der Waals surface area contributed by atoms with Crippen molar-refractivity contribution in [1.82, 2.24) is 5.32 Å². The number of hydrogen-bond acceptors (Lipinski definition) is 4. The van der Waals surface area contributed by atoms with Gasteiger partial charge in [-0.25, -0.2) is 0 Å². The van der Waals surface area contributed by atoms with E-state index >= 15 is 0 Å². The highest BCUT2D eigenvalue weighted by Gasteiger charge is 2.55. The van der Waals surface area contributed by atoms with Gasteiger partial charge >= 0.3 is 0 Å². The Kier molecular flexibility index (Phi) is 2.98. The number of halogens is 1. The first kappa shape index (κ1) is 13.5. The summed E-state index contributed by atoms with van der Waals surface area (Å²) in [5, 5.41) is 13.3. The highest BCUT2D eigenvalue weighted by Crippen LogP contribution is 2.56. The van der Waals surface area contributed by atoms with Gasteiger partial charge in [-0.2, -0.15) is 0 Å². The van der Waals surface area contributed by atoms with Crippen LogP contribution in [0.2, 0.25) is 0 Å². The van der Waals surface area contributed by atoms with Crippen LogP contribution in [0.3, 0.4) is 0 Å². The molecule has 0 radical (unpaired) electrons. The van der Waals surface area contributed by atoms with Gasteiger partial charge in [0.15, 0.2) is 5.76 Å². The van der Waals surface area contributed by atoms with Crippen molar-refractivity contribution in [2.75, 3.05) is 13.7 Å². The molecule has 0 bridgehead atoms. The standard InChI is InChI=1S/C16H18BrNO3/c1-20-12-7-11(17)10-3-5-18-8-16-4-2-9(19)6-13(16)21-15(12)14(10)16/h2-5,9,11,13,18-19H,6-8H2,1H3/t9?,11?,13-,16-/m0/s1. The van der Waals surface area contributed by atoms with Gasteiger partial charge in [-0.05, 0) is 17.8 Å². The first-order chi connectivity index (χ1) is 10.2. The van der Waals surface area contributed by atoms with Crippen molar-refractivity contribution in [2.45, 2.75) is 29.9 Å². The zero-order valence-electron chi connectivity index (χ0n) is 11.8. The summed E-state index contributed by atoms with van der Waals surface area (Å²) in [5.74, 6) is 1.77. The Morgan fingerprint density at radius 1 is 1.52 bits per heavy atom. The molecule has 0 saturated carbocycles. The van der Waals surface area contributed by atoms with Crippen LogP contribution in [0.4, 0.5) is 0 Å². The first-order valence-electron chi connectivity index (χ1n) is 7.26. The molecule has 1 spiro atoms. The molecule has 0 amide bonds. The molecule has 0 aromatic carbocycles. The van der Waals surface area contributed by atoms with Gasteiger partial charge in [-0.3, -0.25) is 0 Å². The Balaban J connectivity index is 1.96. The van der Waals surface area contributed by atoms with Crippen LogP contribution < -0.4 is 5.32 Å². The largest absolute Gasteiger partial charge is 0.497 e. The molecule has 1 fully saturated rings. The van der Waals surface area contributed by atoms with Crippen LogP contribution in [0.5, 0.6) is 0 Å². The minimum absolute atomic E-state index is 0.0483. The van der Waals surface area contributed by atoms with Crippen LogP contribution in [0.1, 0.15) is 12.8 Å². The van der Waals surface area contributed by atoms with E-state index in [9.17, 15) is 5.11 Å². The summed E-state index contributed by atoms with van der Waals surface area (Å²) >= 11 is 3.77. The molecule has 4 atom stereocenters. The number of rotatable bonds is 1. The smallest absolute Gasteiger partial charge is 0.162 e. The normalized spacial score (nSPS) is 40.2. The molecule has 4 nitrogen and oxygen atoms in total.